The number of nitrogens with one attached hydrogen (secondary N) is 2. The molecule has 26 heavy (non-hydrogen) atoms. The van der Waals surface area contributed by atoms with Gasteiger partial charge in [0.15, 0.2) is 9.84 Å². The van der Waals surface area contributed by atoms with Gasteiger partial charge in [0.05, 0.1) is 10.6 Å². The molecule has 1 aliphatic heterocycles. The average molecular weight is 396 g/mol. The van der Waals surface area contributed by atoms with Crippen molar-refractivity contribution in [3.8, 4) is 0 Å². The topological polar surface area (TPSA) is 61.4 Å². The van der Waals surface area contributed by atoms with Crippen molar-refractivity contribution < 1.29 is 8.42 Å². The predicted molar refractivity (Wildman–Crippen MR) is 110 cm³/mol. The second kappa shape index (κ2) is 8.75. The van der Waals surface area contributed by atoms with Crippen molar-refractivity contribution in [2.75, 3.05) is 42.7 Å². The Labute approximate surface area is 162 Å². The third-order valence-electron chi connectivity index (χ3n) is 4.52. The van der Waals surface area contributed by atoms with Crippen LogP contribution in [-0.2, 0) is 9.84 Å². The summed E-state index contributed by atoms with van der Waals surface area (Å²) in [7, 11) is -3.30. The number of nitrogens with zero attached hydrogens (tertiary/aromatic N) is 1. The fraction of sp³-hybridized carbons (Fsp3) is 0.368. The Bertz CT molecular complexity index is 822. The van der Waals surface area contributed by atoms with Gasteiger partial charge in [0.1, 0.15) is 0 Å². The van der Waals surface area contributed by atoms with E-state index in [2.05, 4.69) is 15.5 Å². The molecule has 1 aliphatic rings. The Morgan fingerprint density at radius 1 is 1.08 bits per heavy atom. The van der Waals surface area contributed by atoms with E-state index < -0.39 is 9.84 Å². The number of benzene rings is 2. The number of piperazine rings is 1. The zero-order chi connectivity index (χ0) is 17.9. The van der Waals surface area contributed by atoms with Crippen LogP contribution in [0, 0.1) is 0 Å². The number of rotatable bonds is 5. The molecule has 2 N–H and O–H groups in total. The molecule has 1 fully saturated rings. The highest BCUT2D eigenvalue weighted by atomic mass is 35.5. The van der Waals surface area contributed by atoms with Crippen molar-refractivity contribution in [2.24, 2.45) is 0 Å². The highest BCUT2D eigenvalue weighted by Crippen LogP contribution is 2.30. The molecule has 5 nitrogen and oxygen atoms in total. The number of anilines is 2. The van der Waals surface area contributed by atoms with Crippen LogP contribution in [0.5, 0.6) is 0 Å². The van der Waals surface area contributed by atoms with Gasteiger partial charge in [-0.2, -0.15) is 0 Å². The van der Waals surface area contributed by atoms with Crippen LogP contribution < -0.4 is 15.5 Å². The lowest BCUT2D eigenvalue weighted by molar-refractivity contribution is 0.589. The summed E-state index contributed by atoms with van der Waals surface area (Å²) in [4.78, 5) is 2.62. The molecule has 1 heterocycles. The van der Waals surface area contributed by atoms with Crippen LogP contribution in [0.2, 0.25) is 0 Å². The van der Waals surface area contributed by atoms with Gasteiger partial charge in [0.25, 0.3) is 0 Å². The second-order valence-corrected chi connectivity index (χ2v) is 8.45. The fourth-order valence-electron chi connectivity index (χ4n) is 3.13. The Hall–Kier alpha value is -1.76. The van der Waals surface area contributed by atoms with E-state index in [4.69, 9.17) is 0 Å². The van der Waals surface area contributed by atoms with Gasteiger partial charge in [-0.05, 0) is 30.7 Å². The van der Waals surface area contributed by atoms with Crippen molar-refractivity contribution in [2.45, 2.75) is 17.9 Å². The molecule has 142 valence electrons. The van der Waals surface area contributed by atoms with E-state index in [1.54, 1.807) is 6.07 Å². The molecule has 2 aromatic rings. The lowest BCUT2D eigenvalue weighted by Gasteiger charge is -2.30. The Kier molecular flexibility index (Phi) is 6.92. The standard InChI is InChI=1S/C19H25N3O2S.ClH/c1-15(16-6-4-3-5-7-16)21-18-14-17(22-12-10-20-11-13-22)8-9-19(18)25(2,23)24;/h3-9,14-15,20-21H,10-13H2,1-2H3;1H. The van der Waals surface area contributed by atoms with Gasteiger partial charge in [0, 0.05) is 44.2 Å². The normalized spacial score (nSPS) is 15.8. The first-order valence-electron chi connectivity index (χ1n) is 8.56. The van der Waals surface area contributed by atoms with E-state index in [-0.39, 0.29) is 18.4 Å². The maximum absolute atomic E-state index is 12.2. The van der Waals surface area contributed by atoms with E-state index in [1.165, 1.54) is 6.26 Å². The summed E-state index contributed by atoms with van der Waals surface area (Å²) in [6, 6.07) is 15.6. The summed E-state index contributed by atoms with van der Waals surface area (Å²) in [6.45, 7) is 5.77. The second-order valence-electron chi connectivity index (χ2n) is 6.47. The Morgan fingerprint density at radius 2 is 1.73 bits per heavy atom. The van der Waals surface area contributed by atoms with Crippen molar-refractivity contribution in [3.63, 3.8) is 0 Å². The van der Waals surface area contributed by atoms with E-state index in [0.717, 1.165) is 37.4 Å². The monoisotopic (exact) mass is 395 g/mol. The van der Waals surface area contributed by atoms with Crippen LogP contribution >= 0.6 is 12.4 Å². The van der Waals surface area contributed by atoms with E-state index in [0.29, 0.717) is 10.6 Å². The van der Waals surface area contributed by atoms with E-state index in [9.17, 15) is 8.42 Å². The molecule has 0 amide bonds. The summed E-state index contributed by atoms with van der Waals surface area (Å²) in [5.41, 5.74) is 2.83. The van der Waals surface area contributed by atoms with Gasteiger partial charge in [-0.25, -0.2) is 8.42 Å². The molecule has 0 aliphatic carbocycles. The zero-order valence-electron chi connectivity index (χ0n) is 15.1. The highest BCUT2D eigenvalue weighted by Gasteiger charge is 2.18. The highest BCUT2D eigenvalue weighted by molar-refractivity contribution is 7.90. The first-order chi connectivity index (χ1) is 11.9. The van der Waals surface area contributed by atoms with Crippen LogP contribution in [0.15, 0.2) is 53.4 Å². The van der Waals surface area contributed by atoms with Crippen molar-refractivity contribution in [1.82, 2.24) is 5.32 Å². The number of halogens is 1. The SMILES string of the molecule is CC(Nc1cc(N2CCNCC2)ccc1S(C)(=O)=O)c1ccccc1.Cl. The van der Waals surface area contributed by atoms with Crippen LogP contribution in [0.25, 0.3) is 0 Å². The molecule has 0 aromatic heterocycles. The molecule has 1 atom stereocenters. The van der Waals surface area contributed by atoms with Crippen molar-refractivity contribution >= 4 is 33.6 Å². The molecule has 3 rings (SSSR count). The zero-order valence-corrected chi connectivity index (χ0v) is 16.7. The largest absolute Gasteiger partial charge is 0.377 e. The number of hydrogen-bond donors (Lipinski definition) is 2. The summed E-state index contributed by atoms with van der Waals surface area (Å²) >= 11 is 0. The minimum absolute atomic E-state index is 0. The predicted octanol–water partition coefficient (Wildman–Crippen LogP) is 3.09. The molecule has 0 radical (unpaired) electrons. The van der Waals surface area contributed by atoms with E-state index >= 15 is 0 Å². The van der Waals surface area contributed by atoms with Crippen LogP contribution in [-0.4, -0.2) is 40.9 Å². The summed E-state index contributed by atoms with van der Waals surface area (Å²) in [6.07, 6.45) is 1.26. The van der Waals surface area contributed by atoms with Gasteiger partial charge < -0.3 is 15.5 Å². The van der Waals surface area contributed by atoms with Crippen molar-refractivity contribution in [1.29, 1.82) is 0 Å². The van der Waals surface area contributed by atoms with Gasteiger partial charge in [-0.3, -0.25) is 0 Å². The summed E-state index contributed by atoms with van der Waals surface area (Å²) in [5, 5.41) is 6.73. The van der Waals surface area contributed by atoms with Gasteiger partial charge >= 0.3 is 0 Å². The van der Waals surface area contributed by atoms with Crippen molar-refractivity contribution in [3.05, 3.63) is 54.1 Å². The minimum Gasteiger partial charge on any atom is -0.377 e. The minimum atomic E-state index is -3.30. The van der Waals surface area contributed by atoms with Crippen LogP contribution in [0.3, 0.4) is 0 Å². The molecule has 2 aromatic carbocycles. The lowest BCUT2D eigenvalue weighted by atomic mass is 10.1. The van der Waals surface area contributed by atoms with Gasteiger partial charge in [0.2, 0.25) is 0 Å². The molecule has 0 spiro atoms. The van der Waals surface area contributed by atoms with E-state index in [1.807, 2.05) is 49.4 Å². The molecule has 1 saturated heterocycles. The average Bonchev–Trinajstić information content (AvgIpc) is 2.62. The first-order valence-corrected chi connectivity index (χ1v) is 10.5. The quantitative estimate of drug-likeness (QED) is 0.814. The van der Waals surface area contributed by atoms with Gasteiger partial charge in [-0.1, -0.05) is 30.3 Å². The van der Waals surface area contributed by atoms with Crippen LogP contribution in [0.4, 0.5) is 11.4 Å². The molecular weight excluding hydrogens is 370 g/mol. The summed E-state index contributed by atoms with van der Waals surface area (Å²) < 4.78 is 24.4. The first kappa shape index (κ1) is 20.6. The maximum Gasteiger partial charge on any atom is 0.177 e. The van der Waals surface area contributed by atoms with Crippen LogP contribution in [0.1, 0.15) is 18.5 Å². The Balaban J connectivity index is 0.00000243. The summed E-state index contributed by atoms with van der Waals surface area (Å²) in [5.74, 6) is 0. The molecular formula is C19H26ClN3O2S. The maximum atomic E-state index is 12.2. The van der Waals surface area contributed by atoms with Gasteiger partial charge in [-0.15, -0.1) is 12.4 Å². The smallest absolute Gasteiger partial charge is 0.177 e. The lowest BCUT2D eigenvalue weighted by Crippen LogP contribution is -2.43. The number of sulfone groups is 1. The third-order valence-corrected chi connectivity index (χ3v) is 5.67. The molecule has 0 saturated carbocycles. The number of hydrogen-bond acceptors (Lipinski definition) is 5. The molecule has 7 heteroatoms. The fourth-order valence-corrected chi connectivity index (χ4v) is 3.96. The Morgan fingerprint density at radius 3 is 2.35 bits per heavy atom. The third kappa shape index (κ3) is 4.90. The molecule has 0 bridgehead atoms. The molecule has 1 unspecified atom stereocenters.